The van der Waals surface area contributed by atoms with Gasteiger partial charge < -0.3 is 4.90 Å². The van der Waals surface area contributed by atoms with E-state index in [1.54, 1.807) is 0 Å². The van der Waals surface area contributed by atoms with Crippen LogP contribution in [0.1, 0.15) is 13.3 Å². The van der Waals surface area contributed by atoms with Crippen LogP contribution in [0, 0.1) is 5.92 Å². The number of hydrogen-bond donors (Lipinski definition) is 0. The van der Waals surface area contributed by atoms with E-state index in [0.717, 1.165) is 12.0 Å². The molecule has 7 heavy (non-hydrogen) atoms. The molecule has 1 heteroatoms. The van der Waals surface area contributed by atoms with Crippen molar-refractivity contribution in [1.29, 1.82) is 0 Å². The minimum atomic E-state index is 0.921. The van der Waals surface area contributed by atoms with Gasteiger partial charge in [-0.3, -0.25) is 0 Å². The minimum Gasteiger partial charge on any atom is -0.300 e. The van der Waals surface area contributed by atoms with E-state index >= 15 is 0 Å². The van der Waals surface area contributed by atoms with Crippen LogP contribution in [-0.4, -0.2) is 24.0 Å². The van der Waals surface area contributed by atoms with Crippen molar-refractivity contribution in [2.45, 2.75) is 19.4 Å². The smallest absolute Gasteiger partial charge is 0.00707 e. The second-order valence-corrected chi connectivity index (χ2v) is 2.90. The average Bonchev–Trinajstić information content (AvgIpc) is 1.85. The Morgan fingerprint density at radius 2 is 2.14 bits per heavy atom. The molecule has 40 valence electrons. The zero-order chi connectivity index (χ0) is 4.85. The molecule has 3 rings (SSSR count). The molecule has 0 spiro atoms. The van der Waals surface area contributed by atoms with E-state index in [9.17, 15) is 0 Å². The normalized spacial score (nSPS) is 57.0. The molecule has 3 fully saturated rings. The highest BCUT2D eigenvalue weighted by Crippen LogP contribution is 2.33. The molecule has 0 aliphatic carbocycles. The highest BCUT2D eigenvalue weighted by atomic mass is 15.2. The molecule has 0 aromatic rings. The predicted molar refractivity (Wildman–Crippen MR) is 29.1 cm³/mol. The maximum atomic E-state index is 2.55. The van der Waals surface area contributed by atoms with Crippen LogP contribution in [0.25, 0.3) is 0 Å². The van der Waals surface area contributed by atoms with Gasteiger partial charge >= 0.3 is 0 Å². The van der Waals surface area contributed by atoms with Crippen LogP contribution in [0.15, 0.2) is 0 Å². The summed E-state index contributed by atoms with van der Waals surface area (Å²) in [4.78, 5) is 2.55. The Morgan fingerprint density at radius 1 is 1.43 bits per heavy atom. The van der Waals surface area contributed by atoms with Gasteiger partial charge in [-0.05, 0) is 19.3 Å². The van der Waals surface area contributed by atoms with Crippen LogP contribution < -0.4 is 0 Å². The van der Waals surface area contributed by atoms with Gasteiger partial charge in [0.25, 0.3) is 0 Å². The Hall–Kier alpha value is -0.0400. The summed E-state index contributed by atoms with van der Waals surface area (Å²) in [5, 5.41) is 0. The van der Waals surface area contributed by atoms with Gasteiger partial charge in [-0.1, -0.05) is 0 Å². The molecule has 1 nitrogen and oxygen atoms in total. The SMILES string of the molecule is CC1CC2CN1C2. The Labute approximate surface area is 44.3 Å². The van der Waals surface area contributed by atoms with Crippen molar-refractivity contribution in [1.82, 2.24) is 4.90 Å². The molecule has 0 radical (unpaired) electrons. The zero-order valence-corrected chi connectivity index (χ0v) is 4.72. The van der Waals surface area contributed by atoms with Gasteiger partial charge in [-0.2, -0.15) is 0 Å². The maximum Gasteiger partial charge on any atom is 0.00707 e. The fraction of sp³-hybridized carbons (Fsp3) is 1.00. The summed E-state index contributed by atoms with van der Waals surface area (Å²) in [7, 11) is 0. The molecule has 3 heterocycles. The van der Waals surface area contributed by atoms with Crippen molar-refractivity contribution >= 4 is 0 Å². The van der Waals surface area contributed by atoms with Crippen LogP contribution in [0.2, 0.25) is 0 Å². The van der Waals surface area contributed by atoms with Gasteiger partial charge in [0, 0.05) is 19.1 Å². The molecule has 3 aliphatic rings. The average molecular weight is 97.2 g/mol. The van der Waals surface area contributed by atoms with Crippen molar-refractivity contribution < 1.29 is 0 Å². The van der Waals surface area contributed by atoms with Gasteiger partial charge in [0.15, 0.2) is 0 Å². The Kier molecular flexibility index (Phi) is 0.571. The summed E-state index contributed by atoms with van der Waals surface area (Å²) in [6, 6.07) is 0.921. The predicted octanol–water partition coefficient (Wildman–Crippen LogP) is 0.710. The summed E-state index contributed by atoms with van der Waals surface area (Å²) in [6.07, 6.45) is 1.47. The van der Waals surface area contributed by atoms with Crippen LogP contribution in [0.5, 0.6) is 0 Å². The van der Waals surface area contributed by atoms with Gasteiger partial charge in [0.05, 0.1) is 0 Å². The quantitative estimate of drug-likeness (QED) is 0.430. The van der Waals surface area contributed by atoms with E-state index in [2.05, 4.69) is 11.8 Å². The highest BCUT2D eigenvalue weighted by Gasteiger charge is 2.38. The van der Waals surface area contributed by atoms with E-state index in [-0.39, 0.29) is 0 Å². The lowest BCUT2D eigenvalue weighted by molar-refractivity contribution is 0.180. The van der Waals surface area contributed by atoms with Gasteiger partial charge in [-0.15, -0.1) is 0 Å². The van der Waals surface area contributed by atoms with Gasteiger partial charge in [-0.25, -0.2) is 0 Å². The summed E-state index contributed by atoms with van der Waals surface area (Å²) in [5.41, 5.74) is 0. The molecule has 0 aromatic carbocycles. The third-order valence-corrected chi connectivity index (χ3v) is 2.28. The summed E-state index contributed by atoms with van der Waals surface area (Å²) in [5.74, 6) is 1.09. The van der Waals surface area contributed by atoms with E-state index in [1.165, 1.54) is 19.5 Å². The van der Waals surface area contributed by atoms with Crippen LogP contribution in [0.4, 0.5) is 0 Å². The minimum absolute atomic E-state index is 0.921. The number of fused-ring (bicyclic) bond motifs is 1. The van der Waals surface area contributed by atoms with Crippen molar-refractivity contribution in [3.8, 4) is 0 Å². The monoisotopic (exact) mass is 97.1 g/mol. The lowest BCUT2D eigenvalue weighted by Gasteiger charge is -2.28. The number of rotatable bonds is 0. The fourth-order valence-electron chi connectivity index (χ4n) is 1.75. The zero-order valence-electron chi connectivity index (χ0n) is 4.72. The lowest BCUT2D eigenvalue weighted by atomic mass is 10.1. The Balaban J connectivity index is 2.13. The summed E-state index contributed by atoms with van der Waals surface area (Å²) in [6.45, 7) is 5.13. The van der Waals surface area contributed by atoms with Crippen LogP contribution in [0.3, 0.4) is 0 Å². The first-order valence-electron chi connectivity index (χ1n) is 3.10. The van der Waals surface area contributed by atoms with Crippen molar-refractivity contribution in [3.05, 3.63) is 0 Å². The largest absolute Gasteiger partial charge is 0.300 e. The molecular weight excluding hydrogens is 86.1 g/mol. The number of nitrogens with zero attached hydrogens (tertiary/aromatic N) is 1. The van der Waals surface area contributed by atoms with E-state index in [4.69, 9.17) is 0 Å². The molecule has 3 aliphatic heterocycles. The summed E-state index contributed by atoms with van der Waals surface area (Å²) >= 11 is 0. The highest BCUT2D eigenvalue weighted by molar-refractivity contribution is 4.93. The third kappa shape index (κ3) is 0.367. The summed E-state index contributed by atoms with van der Waals surface area (Å²) < 4.78 is 0. The molecule has 2 bridgehead atoms. The standard InChI is InChI=1S/C6H11N/c1-5-2-6-3-7(5)4-6/h5-6H,2-4H2,1H3. The molecule has 0 amide bonds. The second-order valence-electron chi connectivity index (χ2n) is 2.90. The second kappa shape index (κ2) is 1.03. The van der Waals surface area contributed by atoms with Gasteiger partial charge in [0.2, 0.25) is 0 Å². The van der Waals surface area contributed by atoms with E-state index in [0.29, 0.717) is 0 Å². The first-order chi connectivity index (χ1) is 3.36. The molecule has 3 saturated heterocycles. The maximum absolute atomic E-state index is 2.55. The van der Waals surface area contributed by atoms with E-state index in [1.807, 2.05) is 0 Å². The van der Waals surface area contributed by atoms with Crippen LogP contribution >= 0.6 is 0 Å². The van der Waals surface area contributed by atoms with E-state index < -0.39 is 0 Å². The van der Waals surface area contributed by atoms with Crippen LogP contribution in [-0.2, 0) is 0 Å². The first-order valence-corrected chi connectivity index (χ1v) is 3.10. The topological polar surface area (TPSA) is 3.24 Å². The van der Waals surface area contributed by atoms with Gasteiger partial charge in [0.1, 0.15) is 0 Å². The van der Waals surface area contributed by atoms with Crippen molar-refractivity contribution in [2.24, 2.45) is 5.92 Å². The molecule has 0 aromatic heterocycles. The fourth-order valence-corrected chi connectivity index (χ4v) is 1.75. The molecule has 0 N–H and O–H groups in total. The third-order valence-electron chi connectivity index (χ3n) is 2.28. The van der Waals surface area contributed by atoms with Crippen molar-refractivity contribution in [3.63, 3.8) is 0 Å². The molecule has 1 atom stereocenters. The first kappa shape index (κ1) is 3.90. The Morgan fingerprint density at radius 3 is 2.29 bits per heavy atom. The molecule has 1 unspecified atom stereocenters. The molecular formula is C6H11N. The number of hydrogen-bond acceptors (Lipinski definition) is 1. The Bertz CT molecular complexity index is 84.2. The lowest BCUT2D eigenvalue weighted by Crippen LogP contribution is -2.38. The molecule has 0 saturated carbocycles. The van der Waals surface area contributed by atoms with Crippen molar-refractivity contribution in [2.75, 3.05) is 13.1 Å².